The van der Waals surface area contributed by atoms with Crippen LogP contribution in [0.5, 0.6) is 0 Å². The van der Waals surface area contributed by atoms with Crippen molar-refractivity contribution in [1.29, 1.82) is 5.26 Å². The molecule has 4 rings (SSSR count). The summed E-state index contributed by atoms with van der Waals surface area (Å²) in [5, 5.41) is 22.7. The third-order valence-corrected chi connectivity index (χ3v) is 6.60. The maximum Gasteiger partial charge on any atom is 0.410 e. The minimum absolute atomic E-state index is 0.285. The zero-order valence-corrected chi connectivity index (χ0v) is 17.7. The van der Waals surface area contributed by atoms with Gasteiger partial charge in [-0.25, -0.2) is 4.79 Å². The minimum Gasteiger partial charge on any atom is -0.465 e. The van der Waals surface area contributed by atoms with Gasteiger partial charge in [0.25, 0.3) is 0 Å². The van der Waals surface area contributed by atoms with Gasteiger partial charge in [-0.15, -0.1) is 11.3 Å². The minimum atomic E-state index is -0.497. The quantitative estimate of drug-likeness (QED) is 0.703. The number of amides is 2. The van der Waals surface area contributed by atoms with Gasteiger partial charge in [0.15, 0.2) is 0 Å². The van der Waals surface area contributed by atoms with E-state index in [2.05, 4.69) is 11.4 Å². The van der Waals surface area contributed by atoms with Crippen LogP contribution in [-0.4, -0.2) is 47.3 Å². The van der Waals surface area contributed by atoms with Gasteiger partial charge >= 0.3 is 6.09 Å². The number of likely N-dealkylation sites (tertiary alicyclic amines) is 1. The predicted octanol–water partition coefficient (Wildman–Crippen LogP) is 3.32. The van der Waals surface area contributed by atoms with Crippen molar-refractivity contribution in [3.8, 4) is 6.07 Å². The van der Waals surface area contributed by atoms with E-state index in [1.165, 1.54) is 23.7 Å². The van der Waals surface area contributed by atoms with Crippen LogP contribution >= 0.6 is 11.3 Å². The fourth-order valence-electron chi connectivity index (χ4n) is 3.90. The number of hydrogen-bond donors (Lipinski definition) is 2. The standard InChI is InChI=1S/C22H23N3O5S/c23-12-18-17-7-5-16(30-22(28)25-9-1-3-14(26)13-25)11-19(17)31-21(18)24-20(27)8-6-15-4-2-10-29-15/h2,4,6,8,10,14,16,26H,1,3,5,7,9,11,13H2,(H,24,27)/b8-6+. The van der Waals surface area contributed by atoms with Gasteiger partial charge in [0, 0.05) is 30.5 Å². The summed E-state index contributed by atoms with van der Waals surface area (Å²) in [7, 11) is 0. The van der Waals surface area contributed by atoms with Crippen molar-refractivity contribution < 1.29 is 23.8 Å². The molecule has 2 N–H and O–H groups in total. The Morgan fingerprint density at radius 3 is 3.03 bits per heavy atom. The van der Waals surface area contributed by atoms with Crippen LogP contribution < -0.4 is 5.32 Å². The number of anilines is 1. The number of hydrogen-bond acceptors (Lipinski definition) is 7. The van der Waals surface area contributed by atoms with Crippen LogP contribution in [0.25, 0.3) is 6.08 Å². The van der Waals surface area contributed by atoms with Crippen molar-refractivity contribution >= 4 is 34.4 Å². The average molecular weight is 442 g/mol. The highest BCUT2D eigenvalue weighted by atomic mass is 32.1. The third kappa shape index (κ3) is 4.98. The van der Waals surface area contributed by atoms with E-state index in [0.717, 1.165) is 16.9 Å². The Balaban J connectivity index is 1.40. The maximum absolute atomic E-state index is 12.4. The first-order chi connectivity index (χ1) is 15.0. The Bertz CT molecular complexity index is 1020. The molecule has 2 amide bonds. The molecule has 2 aromatic rings. The molecule has 0 aromatic carbocycles. The molecular weight excluding hydrogens is 418 g/mol. The highest BCUT2D eigenvalue weighted by Gasteiger charge is 2.30. The number of aliphatic hydroxyl groups is 1. The number of piperidine rings is 1. The molecule has 3 heterocycles. The Labute approximate surface area is 183 Å². The number of aliphatic hydroxyl groups excluding tert-OH is 1. The van der Waals surface area contributed by atoms with Gasteiger partial charge in [0.2, 0.25) is 5.91 Å². The van der Waals surface area contributed by atoms with E-state index in [0.29, 0.717) is 55.1 Å². The molecule has 2 aromatic heterocycles. The monoisotopic (exact) mass is 441 g/mol. The van der Waals surface area contributed by atoms with E-state index < -0.39 is 12.2 Å². The lowest BCUT2D eigenvalue weighted by Gasteiger charge is -2.31. The molecule has 0 radical (unpaired) electrons. The van der Waals surface area contributed by atoms with Crippen molar-refractivity contribution in [1.82, 2.24) is 4.90 Å². The van der Waals surface area contributed by atoms with Gasteiger partial charge in [0.1, 0.15) is 22.9 Å². The Morgan fingerprint density at radius 2 is 2.29 bits per heavy atom. The summed E-state index contributed by atoms with van der Waals surface area (Å²) in [5.41, 5.74) is 1.39. The average Bonchev–Trinajstić information content (AvgIpc) is 3.39. The van der Waals surface area contributed by atoms with Crippen LogP contribution in [0.1, 0.15) is 41.0 Å². The van der Waals surface area contributed by atoms with Crippen molar-refractivity contribution in [3.05, 3.63) is 46.2 Å². The van der Waals surface area contributed by atoms with Gasteiger partial charge in [-0.1, -0.05) is 0 Å². The zero-order valence-electron chi connectivity index (χ0n) is 16.9. The second-order valence-electron chi connectivity index (χ2n) is 7.65. The summed E-state index contributed by atoms with van der Waals surface area (Å²) in [6, 6.07) is 5.67. The first-order valence-corrected chi connectivity index (χ1v) is 11.1. The summed E-state index contributed by atoms with van der Waals surface area (Å²) in [6.07, 6.45) is 6.45. The molecule has 162 valence electrons. The molecule has 2 unspecified atom stereocenters. The number of β-amino-alcohol motifs (C(OH)–C–C–N with tert-alkyl or cyclic N) is 1. The van der Waals surface area contributed by atoms with Gasteiger partial charge < -0.3 is 24.5 Å². The SMILES string of the molecule is N#Cc1c(NC(=O)/C=C/c2ccco2)sc2c1CCC(OC(=O)N1CCCC(O)C1)C2. The second-order valence-corrected chi connectivity index (χ2v) is 8.75. The van der Waals surface area contributed by atoms with Crippen LogP contribution in [0.2, 0.25) is 0 Å². The van der Waals surface area contributed by atoms with E-state index in [1.54, 1.807) is 23.1 Å². The number of ether oxygens (including phenoxy) is 1. The molecule has 2 aliphatic rings. The number of fused-ring (bicyclic) bond motifs is 1. The molecule has 1 fully saturated rings. The number of furan rings is 1. The van der Waals surface area contributed by atoms with Crippen LogP contribution in [0.4, 0.5) is 9.80 Å². The number of nitriles is 1. The molecule has 0 saturated carbocycles. The predicted molar refractivity (Wildman–Crippen MR) is 115 cm³/mol. The van der Waals surface area contributed by atoms with E-state index in [1.807, 2.05) is 0 Å². The summed E-state index contributed by atoms with van der Waals surface area (Å²) in [5.74, 6) is 0.213. The second kappa shape index (κ2) is 9.37. The molecule has 9 heteroatoms. The highest BCUT2D eigenvalue weighted by molar-refractivity contribution is 7.16. The van der Waals surface area contributed by atoms with Gasteiger partial charge in [-0.05, 0) is 49.5 Å². The summed E-state index contributed by atoms with van der Waals surface area (Å²) >= 11 is 1.35. The Kier molecular flexibility index (Phi) is 6.39. The van der Waals surface area contributed by atoms with Crippen LogP contribution in [0.15, 0.2) is 28.9 Å². The summed E-state index contributed by atoms with van der Waals surface area (Å²) < 4.78 is 10.8. The smallest absolute Gasteiger partial charge is 0.410 e. The van der Waals surface area contributed by atoms with Crippen molar-refractivity contribution in [3.63, 3.8) is 0 Å². The van der Waals surface area contributed by atoms with Crippen LogP contribution in [-0.2, 0) is 22.4 Å². The van der Waals surface area contributed by atoms with Crippen LogP contribution in [0, 0.1) is 11.3 Å². The first-order valence-electron chi connectivity index (χ1n) is 10.2. The van der Waals surface area contributed by atoms with Gasteiger partial charge in [-0.2, -0.15) is 5.26 Å². The summed E-state index contributed by atoms with van der Waals surface area (Å²) in [6.45, 7) is 0.892. The van der Waals surface area contributed by atoms with Crippen LogP contribution in [0.3, 0.4) is 0 Å². The largest absolute Gasteiger partial charge is 0.465 e. The van der Waals surface area contributed by atoms with E-state index in [9.17, 15) is 20.0 Å². The van der Waals surface area contributed by atoms with Gasteiger partial charge in [0.05, 0.1) is 17.9 Å². The molecule has 2 atom stereocenters. The molecule has 0 bridgehead atoms. The zero-order chi connectivity index (χ0) is 21.8. The summed E-state index contributed by atoms with van der Waals surface area (Å²) in [4.78, 5) is 27.2. The molecular formula is C22H23N3O5S. The van der Waals surface area contributed by atoms with Crippen molar-refractivity contribution in [2.75, 3.05) is 18.4 Å². The lowest BCUT2D eigenvalue weighted by atomic mass is 9.94. The number of carbonyl (C=O) groups is 2. The van der Waals surface area contributed by atoms with E-state index >= 15 is 0 Å². The van der Waals surface area contributed by atoms with E-state index in [-0.39, 0.29) is 12.0 Å². The molecule has 1 saturated heterocycles. The number of carbonyl (C=O) groups excluding carboxylic acids is 2. The topological polar surface area (TPSA) is 116 Å². The number of thiophene rings is 1. The molecule has 8 nitrogen and oxygen atoms in total. The fraction of sp³-hybridized carbons (Fsp3) is 0.409. The maximum atomic E-state index is 12.4. The van der Waals surface area contributed by atoms with Crippen molar-refractivity contribution in [2.24, 2.45) is 0 Å². The normalized spacial score (nSPS) is 20.8. The number of rotatable bonds is 4. The Morgan fingerprint density at radius 1 is 1.42 bits per heavy atom. The molecule has 1 aliphatic carbocycles. The van der Waals surface area contributed by atoms with E-state index in [4.69, 9.17) is 9.15 Å². The highest BCUT2D eigenvalue weighted by Crippen LogP contribution is 2.38. The number of nitrogens with one attached hydrogen (secondary N) is 1. The number of nitrogens with zero attached hydrogens (tertiary/aromatic N) is 2. The molecule has 1 aliphatic heterocycles. The van der Waals surface area contributed by atoms with Gasteiger partial charge in [-0.3, -0.25) is 4.79 Å². The molecule has 0 spiro atoms. The lowest BCUT2D eigenvalue weighted by Crippen LogP contribution is -2.44. The first kappa shape index (κ1) is 21.2. The van der Waals surface area contributed by atoms with Crippen molar-refractivity contribution in [2.45, 2.75) is 44.3 Å². The third-order valence-electron chi connectivity index (χ3n) is 5.43. The lowest BCUT2D eigenvalue weighted by molar-refractivity contribution is -0.111. The Hall–Kier alpha value is -3.09. The fourth-order valence-corrected chi connectivity index (χ4v) is 5.16. The molecule has 31 heavy (non-hydrogen) atoms.